The SMILES string of the molecule is CCCNc1ncnc(NCc2ccc(F)c(F)c2)c1Br. The van der Waals surface area contributed by atoms with Gasteiger partial charge < -0.3 is 10.6 Å². The van der Waals surface area contributed by atoms with Crippen molar-refractivity contribution in [2.24, 2.45) is 0 Å². The van der Waals surface area contributed by atoms with E-state index in [1.165, 1.54) is 12.4 Å². The molecule has 0 aliphatic heterocycles. The lowest BCUT2D eigenvalue weighted by atomic mass is 10.2. The number of halogens is 3. The van der Waals surface area contributed by atoms with Gasteiger partial charge in [0.15, 0.2) is 11.6 Å². The highest BCUT2D eigenvalue weighted by atomic mass is 79.9. The molecule has 0 unspecified atom stereocenters. The Morgan fingerprint density at radius 2 is 1.81 bits per heavy atom. The fraction of sp³-hybridized carbons (Fsp3) is 0.286. The quantitative estimate of drug-likeness (QED) is 0.822. The van der Waals surface area contributed by atoms with Crippen molar-refractivity contribution in [3.05, 3.63) is 46.2 Å². The molecule has 2 N–H and O–H groups in total. The third-order valence-corrected chi connectivity index (χ3v) is 3.53. The van der Waals surface area contributed by atoms with E-state index < -0.39 is 11.6 Å². The van der Waals surface area contributed by atoms with Crippen molar-refractivity contribution in [3.63, 3.8) is 0 Å². The summed E-state index contributed by atoms with van der Waals surface area (Å²) in [6, 6.07) is 3.79. The molecule has 1 heterocycles. The topological polar surface area (TPSA) is 49.8 Å². The Labute approximate surface area is 130 Å². The molecular formula is C14H15BrF2N4. The van der Waals surface area contributed by atoms with Gasteiger partial charge in [-0.3, -0.25) is 0 Å². The van der Waals surface area contributed by atoms with E-state index in [1.807, 2.05) is 0 Å². The van der Waals surface area contributed by atoms with Crippen LogP contribution in [0, 0.1) is 11.6 Å². The normalized spacial score (nSPS) is 10.5. The van der Waals surface area contributed by atoms with Crippen molar-refractivity contribution in [1.82, 2.24) is 9.97 Å². The summed E-state index contributed by atoms with van der Waals surface area (Å²) in [5.74, 6) is -0.428. The number of nitrogens with zero attached hydrogens (tertiary/aromatic N) is 2. The van der Waals surface area contributed by atoms with Gasteiger partial charge in [-0.25, -0.2) is 18.7 Å². The molecule has 1 aromatic carbocycles. The van der Waals surface area contributed by atoms with Crippen LogP contribution in [0.5, 0.6) is 0 Å². The van der Waals surface area contributed by atoms with Crippen molar-refractivity contribution < 1.29 is 8.78 Å². The van der Waals surface area contributed by atoms with Gasteiger partial charge in [0.1, 0.15) is 22.4 Å². The van der Waals surface area contributed by atoms with Crippen LogP contribution in [-0.4, -0.2) is 16.5 Å². The van der Waals surface area contributed by atoms with E-state index >= 15 is 0 Å². The molecular weight excluding hydrogens is 342 g/mol. The summed E-state index contributed by atoms with van der Waals surface area (Å²) in [5.41, 5.74) is 0.627. The van der Waals surface area contributed by atoms with Crippen LogP contribution in [0.15, 0.2) is 29.0 Å². The van der Waals surface area contributed by atoms with Crippen molar-refractivity contribution in [1.29, 1.82) is 0 Å². The number of aromatic nitrogens is 2. The average molecular weight is 357 g/mol. The number of hydrogen-bond acceptors (Lipinski definition) is 4. The second-order valence-electron chi connectivity index (χ2n) is 4.41. The lowest BCUT2D eigenvalue weighted by Gasteiger charge is -2.11. The van der Waals surface area contributed by atoms with Gasteiger partial charge in [-0.1, -0.05) is 13.0 Å². The van der Waals surface area contributed by atoms with Gasteiger partial charge >= 0.3 is 0 Å². The maximum absolute atomic E-state index is 13.1. The average Bonchev–Trinajstić information content (AvgIpc) is 2.48. The van der Waals surface area contributed by atoms with Gasteiger partial charge in [0.25, 0.3) is 0 Å². The van der Waals surface area contributed by atoms with Gasteiger partial charge in [-0.2, -0.15) is 0 Å². The molecule has 21 heavy (non-hydrogen) atoms. The number of hydrogen-bond donors (Lipinski definition) is 2. The molecule has 0 saturated carbocycles. The van der Waals surface area contributed by atoms with Crippen LogP contribution in [0.1, 0.15) is 18.9 Å². The second-order valence-corrected chi connectivity index (χ2v) is 5.21. The van der Waals surface area contributed by atoms with E-state index in [4.69, 9.17) is 0 Å². The minimum absolute atomic E-state index is 0.333. The first-order valence-electron chi connectivity index (χ1n) is 6.54. The van der Waals surface area contributed by atoms with Crippen LogP contribution in [-0.2, 0) is 6.54 Å². The fourth-order valence-corrected chi connectivity index (χ4v) is 2.18. The summed E-state index contributed by atoms with van der Waals surface area (Å²) in [6.45, 7) is 3.20. The Bertz CT molecular complexity index is 622. The molecule has 0 bridgehead atoms. The fourth-order valence-electron chi connectivity index (χ4n) is 1.70. The van der Waals surface area contributed by atoms with E-state index in [0.717, 1.165) is 25.1 Å². The van der Waals surface area contributed by atoms with Crippen LogP contribution in [0.25, 0.3) is 0 Å². The smallest absolute Gasteiger partial charge is 0.159 e. The molecule has 7 heteroatoms. The number of rotatable bonds is 6. The molecule has 0 atom stereocenters. The third kappa shape index (κ3) is 4.10. The van der Waals surface area contributed by atoms with Crippen molar-refractivity contribution >= 4 is 27.6 Å². The first kappa shape index (κ1) is 15.6. The first-order valence-corrected chi connectivity index (χ1v) is 7.33. The zero-order valence-electron chi connectivity index (χ0n) is 11.5. The maximum atomic E-state index is 13.1. The highest BCUT2D eigenvalue weighted by Crippen LogP contribution is 2.26. The summed E-state index contributed by atoms with van der Waals surface area (Å²) in [7, 11) is 0. The van der Waals surface area contributed by atoms with Crippen LogP contribution < -0.4 is 10.6 Å². The van der Waals surface area contributed by atoms with Crippen LogP contribution in [0.2, 0.25) is 0 Å². The predicted octanol–water partition coefficient (Wildman–Crippen LogP) is 3.95. The molecule has 0 aliphatic carbocycles. The summed E-state index contributed by atoms with van der Waals surface area (Å²) in [6.07, 6.45) is 2.42. The molecule has 1 aromatic heterocycles. The number of benzene rings is 1. The highest BCUT2D eigenvalue weighted by Gasteiger charge is 2.08. The summed E-state index contributed by atoms with van der Waals surface area (Å²) in [4.78, 5) is 8.26. The predicted molar refractivity (Wildman–Crippen MR) is 82.2 cm³/mol. The van der Waals surface area contributed by atoms with Crippen LogP contribution in [0.3, 0.4) is 0 Å². The molecule has 2 rings (SSSR count). The van der Waals surface area contributed by atoms with Gasteiger partial charge in [0.2, 0.25) is 0 Å². The maximum Gasteiger partial charge on any atom is 0.159 e. The third-order valence-electron chi connectivity index (χ3n) is 2.78. The highest BCUT2D eigenvalue weighted by molar-refractivity contribution is 9.10. The van der Waals surface area contributed by atoms with Crippen molar-refractivity contribution in [2.75, 3.05) is 17.2 Å². The summed E-state index contributed by atoms with van der Waals surface area (Å²) in [5, 5.41) is 6.24. The molecule has 0 aliphatic rings. The standard InChI is InChI=1S/C14H15BrF2N4/c1-2-5-18-13-12(15)14(21-8-20-13)19-7-9-3-4-10(16)11(17)6-9/h3-4,6,8H,2,5,7H2,1H3,(H2,18,19,20,21). The van der Waals surface area contributed by atoms with E-state index in [0.29, 0.717) is 28.2 Å². The van der Waals surface area contributed by atoms with Crippen molar-refractivity contribution in [3.8, 4) is 0 Å². The van der Waals surface area contributed by atoms with Crippen LogP contribution in [0.4, 0.5) is 20.4 Å². The van der Waals surface area contributed by atoms with Gasteiger partial charge in [-0.15, -0.1) is 0 Å². The molecule has 0 saturated heterocycles. The minimum Gasteiger partial charge on any atom is -0.369 e. The molecule has 112 valence electrons. The Morgan fingerprint density at radius 3 is 2.48 bits per heavy atom. The Kier molecular flexibility index (Phi) is 5.44. The zero-order valence-corrected chi connectivity index (χ0v) is 13.0. The molecule has 0 spiro atoms. The first-order chi connectivity index (χ1) is 10.1. The largest absolute Gasteiger partial charge is 0.369 e. The number of nitrogens with one attached hydrogen (secondary N) is 2. The minimum atomic E-state index is -0.860. The molecule has 2 aromatic rings. The van der Waals surface area contributed by atoms with Crippen molar-refractivity contribution in [2.45, 2.75) is 19.9 Å². The monoisotopic (exact) mass is 356 g/mol. The molecule has 0 amide bonds. The zero-order chi connectivity index (χ0) is 15.2. The Morgan fingerprint density at radius 1 is 1.10 bits per heavy atom. The van der Waals surface area contributed by atoms with Gasteiger partial charge in [0, 0.05) is 13.1 Å². The van der Waals surface area contributed by atoms with E-state index in [-0.39, 0.29) is 0 Å². The summed E-state index contributed by atoms with van der Waals surface area (Å²) < 4.78 is 26.7. The van der Waals surface area contributed by atoms with Gasteiger partial charge in [0.05, 0.1) is 0 Å². The summed E-state index contributed by atoms with van der Waals surface area (Å²) >= 11 is 3.43. The van der Waals surface area contributed by atoms with E-state index in [2.05, 4.69) is 43.5 Å². The Hall–Kier alpha value is -1.76. The van der Waals surface area contributed by atoms with Crippen LogP contribution >= 0.6 is 15.9 Å². The molecule has 4 nitrogen and oxygen atoms in total. The molecule has 0 fully saturated rings. The Balaban J connectivity index is 2.07. The van der Waals surface area contributed by atoms with Gasteiger partial charge in [-0.05, 0) is 40.0 Å². The van der Waals surface area contributed by atoms with E-state index in [1.54, 1.807) is 0 Å². The second kappa shape index (κ2) is 7.31. The lowest BCUT2D eigenvalue weighted by molar-refractivity contribution is 0.507. The van der Waals surface area contributed by atoms with E-state index in [9.17, 15) is 8.78 Å². The number of anilines is 2. The lowest BCUT2D eigenvalue weighted by Crippen LogP contribution is -2.07. The molecule has 0 radical (unpaired) electrons.